The first-order chi connectivity index (χ1) is 55.0. The molecule has 0 aliphatic carbocycles. The highest BCUT2D eigenvalue weighted by Crippen LogP contribution is 2.51. The van der Waals surface area contributed by atoms with Crippen LogP contribution < -0.4 is 9.47 Å². The second-order valence-corrected chi connectivity index (χ2v) is 41.5. The van der Waals surface area contributed by atoms with Gasteiger partial charge < -0.3 is 45.2 Å². The van der Waals surface area contributed by atoms with E-state index in [1.807, 2.05) is 0 Å². The summed E-state index contributed by atoms with van der Waals surface area (Å²) >= 11 is 127. The minimum atomic E-state index is -5.07. The number of hydrogen-bond acceptors (Lipinski definition) is 9. The van der Waals surface area contributed by atoms with Crippen LogP contribution in [0.1, 0.15) is 127 Å². The number of halogens is 50. The van der Waals surface area contributed by atoms with Crippen LogP contribution in [-0.2, 0) is 30.9 Å². The maximum Gasteiger partial charge on any atom is 0.573 e. The fraction of sp³-hybridized carbons (Fsp3) is 0.354. The molecule has 0 radical (unpaired) electrons. The highest BCUT2D eigenvalue weighted by atomic mass is 79.9. The van der Waals surface area contributed by atoms with E-state index in [2.05, 4.69) is 25.4 Å². The van der Waals surface area contributed by atoms with Crippen LogP contribution in [-0.4, -0.2) is 75.0 Å². The van der Waals surface area contributed by atoms with Crippen molar-refractivity contribution in [3.63, 3.8) is 0 Å². The number of alkyl halides is 44. The summed E-state index contributed by atoms with van der Waals surface area (Å²) in [6.07, 6.45) is -49.7. The Morgan fingerprint density at radius 3 is 0.944 bits per heavy atom. The molecule has 7 unspecified atom stereocenters. The fourth-order valence-corrected chi connectivity index (χ4v) is 12.0. The van der Waals surface area contributed by atoms with Gasteiger partial charge in [-0.25, -0.2) is 22.0 Å². The highest BCUT2D eigenvalue weighted by molar-refractivity contribution is 9.10. The van der Waals surface area contributed by atoms with Gasteiger partial charge in [0.25, 0.3) is 6.43 Å². The number of aliphatic hydroxyl groups excluding tert-OH is 7. The monoisotopic (exact) mass is 2340 g/mol. The Bertz CT molecular complexity index is 4570. The largest absolute Gasteiger partial charge is 0.573 e. The van der Waals surface area contributed by atoms with E-state index in [-0.39, 0.29) is 39.1 Å². The minimum Gasteiger partial charge on any atom is -0.406 e. The predicted octanol–water partition coefficient (Wildman–Crippen LogP) is 32.3. The molecule has 7 aromatic carbocycles. The quantitative estimate of drug-likeness (QED) is 0.0523. The van der Waals surface area contributed by atoms with Crippen LogP contribution in [0, 0.1) is 24.4 Å². The molecule has 7 atom stereocenters. The maximum absolute atomic E-state index is 13.4. The van der Waals surface area contributed by atoms with Crippen molar-refractivity contribution in [2.75, 3.05) is 0 Å². The SMILES string of the molecule is Cc1cc(C(O)C(Cl)(Cl)Cl)ccc1F.OC(c1c(Cl)cc(C(F)(F)F)cc1Cl)C(Cl)(Cl)Cl.OC(c1cc(Br)cc(C(F)(F)F)c1)C(Cl)(Cl)Cl.OC(c1cc(C(F)(F)F)cc(C(F)(F)F)c1)C(Cl)(Cl)Cl.OC(c1ccc(C(F)F)cc1C(F)(F)F)C(Cl)(Cl)Cl.OC(c1ccc(F)c(OC(F)(F)F)c1)C(Cl)(Cl)Cl.OC(c1ccc(OC(F)(F)F)cc1F)C(Cl)(Cl)Cl. The van der Waals surface area contributed by atoms with Gasteiger partial charge in [-0.15, -0.1) is 26.3 Å². The summed E-state index contributed by atoms with van der Waals surface area (Å²) in [5, 5.41) is 66.0. The number of benzene rings is 7. The predicted molar refractivity (Wildman–Crippen MR) is 428 cm³/mol. The van der Waals surface area contributed by atoms with E-state index in [1.54, 1.807) is 6.92 Å². The lowest BCUT2D eigenvalue weighted by molar-refractivity contribution is -0.276. The molecule has 7 aromatic rings. The Hall–Kier alpha value is -0.810. The van der Waals surface area contributed by atoms with E-state index in [4.69, 9.17) is 267 Å². The van der Waals surface area contributed by atoms with Crippen molar-refractivity contribution < 1.29 is 159 Å². The highest BCUT2D eigenvalue weighted by Gasteiger charge is 2.46. The lowest BCUT2D eigenvalue weighted by Crippen LogP contribution is -2.21. The summed E-state index contributed by atoms with van der Waals surface area (Å²) in [6, 6.07) is 14.5. The molecule has 0 amide bonds. The number of aliphatic hydroxyl groups is 7. The Morgan fingerprint density at radius 1 is 0.298 bits per heavy atom. The molecule has 702 valence electrons. The summed E-state index contributed by atoms with van der Waals surface area (Å²) in [4.78, 5) is 0. The lowest BCUT2D eigenvalue weighted by Gasteiger charge is -2.23. The number of ether oxygens (including phenoxy) is 2. The Labute approximate surface area is 803 Å². The molecule has 0 aliphatic heterocycles. The normalized spacial score (nSPS) is 14.7. The smallest absolute Gasteiger partial charge is 0.406 e. The van der Waals surface area contributed by atoms with Gasteiger partial charge in [-0.05, 0) is 125 Å². The molecule has 59 heteroatoms. The number of rotatable bonds is 10. The fourth-order valence-electron chi connectivity index (χ4n) is 8.20. The van der Waals surface area contributed by atoms with Gasteiger partial charge in [-0.3, -0.25) is 0 Å². The van der Waals surface area contributed by atoms with E-state index in [9.17, 15) is 150 Å². The van der Waals surface area contributed by atoms with Crippen molar-refractivity contribution in [2.45, 2.75) is 126 Å². The Morgan fingerprint density at radius 2 is 0.613 bits per heavy atom. The van der Waals surface area contributed by atoms with Crippen LogP contribution in [0.3, 0.4) is 0 Å². The average Bonchev–Trinajstić information content (AvgIpc) is 0.796. The zero-order chi connectivity index (χ0) is 97.9. The van der Waals surface area contributed by atoms with Crippen LogP contribution in [0.4, 0.5) is 114 Å². The summed E-state index contributed by atoms with van der Waals surface area (Å²) in [7, 11) is 0. The molecule has 0 saturated carbocycles. The van der Waals surface area contributed by atoms with Crippen LogP contribution in [0.25, 0.3) is 0 Å². The third-order valence-corrected chi connectivity index (χ3v) is 19.2. The van der Waals surface area contributed by atoms with Crippen LogP contribution in [0.5, 0.6) is 11.5 Å². The third kappa shape index (κ3) is 41.6. The van der Waals surface area contributed by atoms with Gasteiger partial charge >= 0.3 is 43.6 Å². The van der Waals surface area contributed by atoms with Crippen molar-refractivity contribution >= 4 is 283 Å². The minimum absolute atomic E-state index is 0.0887. The van der Waals surface area contributed by atoms with Gasteiger partial charge in [-0.1, -0.05) is 313 Å². The van der Waals surface area contributed by atoms with Gasteiger partial charge in [0.2, 0.25) is 26.5 Å². The first-order valence-electron chi connectivity index (χ1n) is 30.3. The van der Waals surface area contributed by atoms with Gasteiger partial charge in [0.1, 0.15) is 60.1 Å². The maximum atomic E-state index is 13.4. The Kier molecular flexibility index (Phi) is 46.0. The van der Waals surface area contributed by atoms with Gasteiger partial charge in [-0.2, -0.15) is 65.9 Å². The molecular formula is C65H38BrCl23F26O9. The molecule has 0 bridgehead atoms. The average molecular weight is 2350 g/mol. The molecule has 0 fully saturated rings. The van der Waals surface area contributed by atoms with Crippen molar-refractivity contribution in [1.82, 2.24) is 0 Å². The van der Waals surface area contributed by atoms with E-state index >= 15 is 0 Å². The Balaban J connectivity index is 0.000000725. The van der Waals surface area contributed by atoms with Crippen LogP contribution in [0.2, 0.25) is 10.0 Å². The van der Waals surface area contributed by atoms with Crippen LogP contribution >= 0.6 is 283 Å². The number of aryl methyl sites for hydroxylation is 1. The van der Waals surface area contributed by atoms with Gasteiger partial charge in [0, 0.05) is 37.3 Å². The second kappa shape index (κ2) is 47.1. The molecule has 7 rings (SSSR count). The van der Waals surface area contributed by atoms with E-state index in [0.717, 1.165) is 36.4 Å². The van der Waals surface area contributed by atoms with Crippen molar-refractivity contribution in [2.24, 2.45) is 0 Å². The van der Waals surface area contributed by atoms with Crippen molar-refractivity contribution in [3.05, 3.63) is 231 Å². The molecular weight excluding hydrogens is 2310 g/mol. The van der Waals surface area contributed by atoms with Crippen LogP contribution in [0.15, 0.2) is 126 Å². The second-order valence-electron chi connectivity index (χ2n) is 23.2. The number of hydrogen-bond donors (Lipinski definition) is 7. The molecule has 9 nitrogen and oxygen atoms in total. The van der Waals surface area contributed by atoms with Gasteiger partial charge in [0.05, 0.1) is 27.8 Å². The van der Waals surface area contributed by atoms with Crippen molar-refractivity contribution in [1.29, 1.82) is 0 Å². The van der Waals surface area contributed by atoms with E-state index < -0.39 is 203 Å². The molecule has 0 aliphatic rings. The summed E-state index contributed by atoms with van der Waals surface area (Å²) < 4.78 is 316. The molecule has 0 spiro atoms. The standard InChI is InChI=1S/C10H5Cl3F6O.C10H6Cl3F5O.C9H5BrCl3F3O.C9H4Cl5F3O.2C9H5Cl3F4O2.C9H8Cl3FO/c11-8(12,13)7(20)4-1-5(9(14,15)16)3-6(2-4)10(17,18)19;11-9(12,13)7(19)5-2-1-4(8(14)15)3-6(5)10(16,17)18;10-6-2-4(7(17)8(11,12)13)1-5(3-6)9(14,15)16;10-4-1-3(9(15,16)17)2-5(11)6(4)7(18)8(12,13)14;10-8(11,12)7(17)5-2-1-4(3-6(5)13)18-9(14,15)16;10-8(11,12)7(17)4-1-2-5(13)6(3-4)18-9(14,15)16;1-5-4-6(2-3-7(5)13)8(14)9(10,11)12/h1-3,7,20H;1-3,7-8,19H;1-3,7,17H;1-2,7,18H;2*1-3,7,17H;2-4,8,14H,1H3. The molecule has 0 saturated heterocycles. The van der Waals surface area contributed by atoms with Gasteiger partial charge in [0.15, 0.2) is 11.6 Å². The molecule has 124 heavy (non-hydrogen) atoms. The first kappa shape index (κ1) is 121. The molecule has 0 heterocycles. The van der Waals surface area contributed by atoms with E-state index in [0.29, 0.717) is 59.7 Å². The van der Waals surface area contributed by atoms with E-state index in [1.165, 1.54) is 24.3 Å². The topological polar surface area (TPSA) is 160 Å². The zero-order valence-electron chi connectivity index (χ0n) is 58.0. The summed E-state index contributed by atoms with van der Waals surface area (Å²) in [5.41, 5.74) is -9.39. The van der Waals surface area contributed by atoms with Crippen molar-refractivity contribution in [3.8, 4) is 11.5 Å². The summed E-state index contributed by atoms with van der Waals surface area (Å²) in [6.45, 7) is 1.57. The third-order valence-electron chi connectivity index (χ3n) is 13.8. The molecule has 0 aromatic heterocycles. The zero-order valence-corrected chi connectivity index (χ0v) is 77.0. The first-order valence-corrected chi connectivity index (χ1v) is 39.8. The summed E-state index contributed by atoms with van der Waals surface area (Å²) in [5.74, 6) is -4.69. The molecule has 7 N–H and O–H groups in total. The lowest BCUT2D eigenvalue weighted by atomic mass is 9.99.